The Hall–Kier alpha value is -4.44. The highest BCUT2D eigenvalue weighted by atomic mass is 19.4. The number of rotatable bonds is 7. The van der Waals surface area contributed by atoms with Gasteiger partial charge in [0.1, 0.15) is 0 Å². The number of nitrogens with zero attached hydrogens (tertiary/aromatic N) is 6. The van der Waals surface area contributed by atoms with Crippen LogP contribution in [0.3, 0.4) is 0 Å². The maximum atomic E-state index is 13.3. The molecule has 0 aromatic carbocycles. The van der Waals surface area contributed by atoms with Crippen LogP contribution < -0.4 is 15.4 Å². The fraction of sp³-hybridized carbons (Fsp3) is 0.364. The van der Waals surface area contributed by atoms with Crippen molar-refractivity contribution in [2.24, 2.45) is 7.05 Å². The number of amides is 3. The van der Waals surface area contributed by atoms with Crippen LogP contribution in [-0.4, -0.2) is 62.5 Å². The van der Waals surface area contributed by atoms with E-state index in [0.29, 0.717) is 11.6 Å². The zero-order valence-corrected chi connectivity index (χ0v) is 20.9. The molecule has 0 aliphatic rings. The molecule has 0 fully saturated rings. The molecule has 2 N–H and O–H groups in total. The number of halogens is 6. The second kappa shape index (κ2) is 11.1. The van der Waals surface area contributed by atoms with E-state index in [-0.39, 0.29) is 29.2 Å². The first-order valence-electron chi connectivity index (χ1n) is 11.0. The maximum Gasteiger partial charge on any atom is 0.435 e. The molecule has 3 amide bonds. The number of aryl methyl sites for hydroxylation is 2. The summed E-state index contributed by atoms with van der Waals surface area (Å²) in [6.07, 6.45) is -8.43. The minimum atomic E-state index is -4.87. The zero-order valence-electron chi connectivity index (χ0n) is 20.9. The van der Waals surface area contributed by atoms with Gasteiger partial charge >= 0.3 is 18.4 Å². The predicted octanol–water partition coefficient (Wildman–Crippen LogP) is 3.41. The number of alkyl halides is 6. The lowest BCUT2D eigenvalue weighted by Gasteiger charge is -2.14. The number of nitrogens with one attached hydrogen (secondary N) is 2. The number of likely N-dealkylation sites (N-methyl/N-ethyl adjacent to an activating group) is 1. The third-order valence-electron chi connectivity index (χ3n) is 5.01. The topological polar surface area (TPSA) is 127 Å². The van der Waals surface area contributed by atoms with E-state index in [1.807, 2.05) is 0 Å². The van der Waals surface area contributed by atoms with Crippen LogP contribution >= 0.6 is 0 Å². The lowest BCUT2D eigenvalue weighted by Crippen LogP contribution is -2.29. The Balaban J connectivity index is 1.71. The first kappa shape index (κ1) is 29.1. The van der Waals surface area contributed by atoms with Crippen LogP contribution in [0, 0.1) is 6.92 Å². The van der Waals surface area contributed by atoms with Gasteiger partial charge in [-0.15, -0.1) is 5.10 Å². The minimum Gasteiger partial charge on any atom is -0.467 e. The van der Waals surface area contributed by atoms with Crippen molar-refractivity contribution < 1.29 is 40.7 Å². The van der Waals surface area contributed by atoms with Crippen LogP contribution in [0.2, 0.25) is 0 Å². The summed E-state index contributed by atoms with van der Waals surface area (Å²) in [6.45, 7) is 0.667. The number of ether oxygens (including phenoxy) is 1. The summed E-state index contributed by atoms with van der Waals surface area (Å²) in [5.74, 6) is -1.07. The molecule has 3 heterocycles. The number of carbonyl (C=O) groups excluding carboxylic acids is 2. The molecule has 0 atom stereocenters. The number of carbonyl (C=O) groups is 2. The molecule has 0 spiro atoms. The Labute approximate surface area is 217 Å². The molecule has 3 aromatic heterocycles. The number of anilines is 1. The number of pyridine rings is 1. The van der Waals surface area contributed by atoms with Gasteiger partial charge < -0.3 is 20.3 Å². The van der Waals surface area contributed by atoms with E-state index in [2.05, 4.69) is 30.9 Å². The normalized spacial score (nSPS) is 11.7. The Kier molecular flexibility index (Phi) is 8.30. The maximum absolute atomic E-state index is 13.3. The Morgan fingerprint density at radius 2 is 1.74 bits per heavy atom. The summed E-state index contributed by atoms with van der Waals surface area (Å²) >= 11 is 0. The Morgan fingerprint density at radius 1 is 1.05 bits per heavy atom. The summed E-state index contributed by atoms with van der Waals surface area (Å²) in [6, 6.07) is 2.05. The molecule has 0 aliphatic heterocycles. The highest BCUT2D eigenvalue weighted by Crippen LogP contribution is 2.36. The summed E-state index contributed by atoms with van der Waals surface area (Å²) in [4.78, 5) is 28.5. The standard InChI is InChI=1S/C22H22F6N8O3/c1-11-5-13(32-33-18(11)14-9-36(4)34-19(14)22(26,27)28)8-29-20(38)30-12-6-15(21(23,24)25)31-16(7-12)39-10-17(37)35(2)3/h5-7,9H,8,10H2,1-4H3,(H2,29,30,31,38). The molecule has 0 unspecified atom stereocenters. The number of urea groups is 1. The molecule has 39 heavy (non-hydrogen) atoms. The number of hydrogen-bond donors (Lipinski definition) is 2. The molecular formula is C22H22F6N8O3. The molecule has 3 rings (SSSR count). The quantitative estimate of drug-likeness (QED) is 0.424. The number of hydrogen-bond acceptors (Lipinski definition) is 7. The minimum absolute atomic E-state index is 0.0552. The van der Waals surface area contributed by atoms with Gasteiger partial charge in [0.15, 0.2) is 18.0 Å². The highest BCUT2D eigenvalue weighted by molar-refractivity contribution is 5.89. The van der Waals surface area contributed by atoms with E-state index in [1.165, 1.54) is 39.0 Å². The highest BCUT2D eigenvalue weighted by Gasteiger charge is 2.38. The van der Waals surface area contributed by atoms with E-state index in [1.54, 1.807) is 0 Å². The third kappa shape index (κ3) is 7.55. The zero-order chi connectivity index (χ0) is 29.1. The van der Waals surface area contributed by atoms with Crippen molar-refractivity contribution in [1.29, 1.82) is 0 Å². The first-order chi connectivity index (χ1) is 18.0. The van der Waals surface area contributed by atoms with Crippen LogP contribution in [-0.2, 0) is 30.7 Å². The fourth-order valence-corrected chi connectivity index (χ4v) is 3.17. The summed E-state index contributed by atoms with van der Waals surface area (Å²) in [5.41, 5.74) is -2.65. The summed E-state index contributed by atoms with van der Waals surface area (Å²) in [5, 5.41) is 15.7. The smallest absolute Gasteiger partial charge is 0.435 e. The molecule has 0 saturated carbocycles. The third-order valence-corrected chi connectivity index (χ3v) is 5.01. The van der Waals surface area contributed by atoms with E-state index in [4.69, 9.17) is 4.74 Å². The molecule has 210 valence electrons. The molecular weight excluding hydrogens is 538 g/mol. The van der Waals surface area contributed by atoms with Crippen molar-refractivity contribution in [3.8, 4) is 17.1 Å². The van der Waals surface area contributed by atoms with Crippen molar-refractivity contribution in [2.45, 2.75) is 25.8 Å². The SMILES string of the molecule is Cc1cc(CNC(=O)Nc2cc(OCC(=O)N(C)C)nc(C(F)(F)F)c2)nnc1-c1cn(C)nc1C(F)(F)F. The van der Waals surface area contributed by atoms with E-state index < -0.39 is 48.2 Å². The van der Waals surface area contributed by atoms with Crippen LogP contribution in [0.1, 0.15) is 22.6 Å². The second-order valence-corrected chi connectivity index (χ2v) is 8.39. The van der Waals surface area contributed by atoms with Crippen molar-refractivity contribution >= 4 is 17.6 Å². The van der Waals surface area contributed by atoms with Gasteiger partial charge in [-0.1, -0.05) is 0 Å². The van der Waals surface area contributed by atoms with Gasteiger partial charge in [0.25, 0.3) is 5.91 Å². The Bertz CT molecular complexity index is 1370. The number of aromatic nitrogens is 5. The molecule has 11 nitrogen and oxygen atoms in total. The predicted molar refractivity (Wildman–Crippen MR) is 123 cm³/mol. The van der Waals surface area contributed by atoms with Crippen LogP contribution in [0.25, 0.3) is 11.3 Å². The van der Waals surface area contributed by atoms with Gasteiger partial charge in [-0.2, -0.15) is 36.5 Å². The van der Waals surface area contributed by atoms with Crippen LogP contribution in [0.15, 0.2) is 24.4 Å². The van der Waals surface area contributed by atoms with Gasteiger partial charge in [-0.25, -0.2) is 9.78 Å². The average Bonchev–Trinajstić information content (AvgIpc) is 3.22. The second-order valence-electron chi connectivity index (χ2n) is 8.39. The van der Waals surface area contributed by atoms with Crippen molar-refractivity contribution in [3.63, 3.8) is 0 Å². The fourth-order valence-electron chi connectivity index (χ4n) is 3.17. The largest absolute Gasteiger partial charge is 0.467 e. The lowest BCUT2D eigenvalue weighted by atomic mass is 10.1. The molecule has 17 heteroatoms. The van der Waals surface area contributed by atoms with Gasteiger partial charge in [0.2, 0.25) is 5.88 Å². The van der Waals surface area contributed by atoms with E-state index in [9.17, 15) is 35.9 Å². The molecule has 0 radical (unpaired) electrons. The lowest BCUT2D eigenvalue weighted by molar-refractivity contribution is -0.142. The van der Waals surface area contributed by atoms with Crippen molar-refractivity contribution in [2.75, 3.05) is 26.0 Å². The summed E-state index contributed by atoms with van der Waals surface area (Å²) in [7, 11) is 4.19. The molecule has 0 saturated heterocycles. The van der Waals surface area contributed by atoms with Crippen LogP contribution in [0.5, 0.6) is 5.88 Å². The van der Waals surface area contributed by atoms with E-state index >= 15 is 0 Å². The van der Waals surface area contributed by atoms with Crippen LogP contribution in [0.4, 0.5) is 36.8 Å². The monoisotopic (exact) mass is 560 g/mol. The van der Waals surface area contributed by atoms with Gasteiger partial charge in [-0.3, -0.25) is 9.48 Å². The van der Waals surface area contributed by atoms with Gasteiger partial charge in [-0.05, 0) is 24.6 Å². The van der Waals surface area contributed by atoms with Crippen molar-refractivity contribution in [1.82, 2.24) is 35.2 Å². The molecule has 3 aromatic rings. The van der Waals surface area contributed by atoms with E-state index in [0.717, 1.165) is 16.9 Å². The first-order valence-corrected chi connectivity index (χ1v) is 11.0. The van der Waals surface area contributed by atoms with Gasteiger partial charge in [0, 0.05) is 39.1 Å². The van der Waals surface area contributed by atoms with Crippen molar-refractivity contribution in [3.05, 3.63) is 47.0 Å². The Morgan fingerprint density at radius 3 is 2.33 bits per heavy atom. The summed E-state index contributed by atoms with van der Waals surface area (Å²) < 4.78 is 85.7. The molecule has 0 bridgehead atoms. The van der Waals surface area contributed by atoms with Gasteiger partial charge in [0.05, 0.1) is 23.5 Å². The molecule has 0 aliphatic carbocycles. The average molecular weight is 560 g/mol.